The Morgan fingerprint density at radius 1 is 1.38 bits per heavy atom. The number of hydrogen-bond acceptors (Lipinski definition) is 3. The molecule has 1 heterocycles. The number of nitrogens with zero attached hydrogens (tertiary/aromatic N) is 1. The summed E-state index contributed by atoms with van der Waals surface area (Å²) in [4.78, 5) is 10.9. The van der Waals surface area contributed by atoms with Crippen LogP contribution in [0.4, 0.5) is 0 Å². The maximum Gasteiger partial charge on any atom is 0.264 e. The van der Waals surface area contributed by atoms with E-state index in [9.17, 15) is 4.79 Å². The minimum atomic E-state index is -0.380. The van der Waals surface area contributed by atoms with E-state index < -0.39 is 0 Å². The summed E-state index contributed by atoms with van der Waals surface area (Å²) in [6, 6.07) is 0. The molecule has 0 aromatic rings. The van der Waals surface area contributed by atoms with Crippen molar-refractivity contribution in [1.82, 2.24) is 5.43 Å². The van der Waals surface area contributed by atoms with Gasteiger partial charge in [0.2, 0.25) is 0 Å². The maximum atomic E-state index is 10.9. The SMILES string of the molecule is NC(=O)C1=NNC2(CCCCC2)C1. The minimum Gasteiger partial charge on any atom is -0.364 e. The number of nitrogens with one attached hydrogen (secondary N) is 1. The van der Waals surface area contributed by atoms with Crippen molar-refractivity contribution in [3.8, 4) is 0 Å². The van der Waals surface area contributed by atoms with Crippen LogP contribution in [0.5, 0.6) is 0 Å². The first kappa shape index (κ1) is 8.53. The number of primary amides is 1. The first-order chi connectivity index (χ1) is 6.22. The summed E-state index contributed by atoms with van der Waals surface area (Å²) in [5.41, 5.74) is 8.86. The van der Waals surface area contributed by atoms with Crippen LogP contribution in [-0.2, 0) is 4.79 Å². The van der Waals surface area contributed by atoms with Crippen molar-refractivity contribution in [3.63, 3.8) is 0 Å². The molecule has 1 saturated carbocycles. The van der Waals surface area contributed by atoms with E-state index in [0.717, 1.165) is 19.3 Å². The Kier molecular flexibility index (Phi) is 1.98. The molecule has 1 fully saturated rings. The monoisotopic (exact) mass is 181 g/mol. The van der Waals surface area contributed by atoms with Crippen molar-refractivity contribution in [1.29, 1.82) is 0 Å². The normalized spacial score (nSPS) is 25.4. The van der Waals surface area contributed by atoms with Gasteiger partial charge in [-0.15, -0.1) is 0 Å². The number of carbonyl (C=O) groups is 1. The maximum absolute atomic E-state index is 10.9. The van der Waals surface area contributed by atoms with E-state index in [1.807, 2.05) is 0 Å². The number of rotatable bonds is 1. The van der Waals surface area contributed by atoms with Gasteiger partial charge in [0, 0.05) is 6.42 Å². The first-order valence-corrected chi connectivity index (χ1v) is 4.85. The Balaban J connectivity index is 2.02. The predicted molar refractivity (Wildman–Crippen MR) is 50.2 cm³/mol. The van der Waals surface area contributed by atoms with Gasteiger partial charge in [-0.1, -0.05) is 19.3 Å². The van der Waals surface area contributed by atoms with E-state index in [1.165, 1.54) is 19.3 Å². The lowest BCUT2D eigenvalue weighted by Gasteiger charge is -2.32. The van der Waals surface area contributed by atoms with Gasteiger partial charge in [0.05, 0.1) is 5.54 Å². The molecule has 0 unspecified atom stereocenters. The molecule has 13 heavy (non-hydrogen) atoms. The third-order valence-electron chi connectivity index (χ3n) is 3.03. The van der Waals surface area contributed by atoms with E-state index in [0.29, 0.717) is 5.71 Å². The highest BCUT2D eigenvalue weighted by Crippen LogP contribution is 2.33. The molecule has 0 aromatic heterocycles. The largest absolute Gasteiger partial charge is 0.364 e. The highest BCUT2D eigenvalue weighted by atomic mass is 16.1. The van der Waals surface area contributed by atoms with E-state index in [4.69, 9.17) is 5.73 Å². The third-order valence-corrected chi connectivity index (χ3v) is 3.03. The summed E-state index contributed by atoms with van der Waals surface area (Å²) in [7, 11) is 0. The summed E-state index contributed by atoms with van der Waals surface area (Å²) in [5.74, 6) is -0.380. The van der Waals surface area contributed by atoms with Crippen LogP contribution in [-0.4, -0.2) is 17.2 Å². The highest BCUT2D eigenvalue weighted by molar-refractivity contribution is 6.38. The second-order valence-electron chi connectivity index (χ2n) is 4.05. The molecular weight excluding hydrogens is 166 g/mol. The van der Waals surface area contributed by atoms with E-state index >= 15 is 0 Å². The van der Waals surface area contributed by atoms with Gasteiger partial charge in [-0.3, -0.25) is 4.79 Å². The molecule has 0 aromatic carbocycles. The average molecular weight is 181 g/mol. The molecule has 3 N–H and O–H groups in total. The lowest BCUT2D eigenvalue weighted by atomic mass is 9.79. The molecule has 2 rings (SSSR count). The van der Waals surface area contributed by atoms with Gasteiger partial charge in [-0.25, -0.2) is 0 Å². The van der Waals surface area contributed by atoms with Crippen LogP contribution in [0.1, 0.15) is 38.5 Å². The number of hydrogen-bond donors (Lipinski definition) is 2. The molecule has 1 amide bonds. The molecule has 1 aliphatic carbocycles. The minimum absolute atomic E-state index is 0.0720. The number of carbonyl (C=O) groups excluding carboxylic acids is 1. The summed E-state index contributed by atoms with van der Waals surface area (Å²) in [6.45, 7) is 0. The Bertz CT molecular complexity index is 254. The van der Waals surface area contributed by atoms with Crippen molar-refractivity contribution in [2.24, 2.45) is 10.8 Å². The highest BCUT2D eigenvalue weighted by Gasteiger charge is 2.38. The van der Waals surface area contributed by atoms with Gasteiger partial charge in [0.1, 0.15) is 5.71 Å². The average Bonchev–Trinajstić information content (AvgIpc) is 2.51. The van der Waals surface area contributed by atoms with Crippen molar-refractivity contribution >= 4 is 11.6 Å². The number of amides is 1. The third kappa shape index (κ3) is 1.53. The molecule has 0 atom stereocenters. The summed E-state index contributed by atoms with van der Waals surface area (Å²) >= 11 is 0. The molecule has 4 nitrogen and oxygen atoms in total. The van der Waals surface area contributed by atoms with Gasteiger partial charge in [0.25, 0.3) is 5.91 Å². The van der Waals surface area contributed by atoms with Crippen molar-refractivity contribution in [3.05, 3.63) is 0 Å². The molecule has 72 valence electrons. The van der Waals surface area contributed by atoms with Crippen molar-refractivity contribution in [2.75, 3.05) is 0 Å². The lowest BCUT2D eigenvalue weighted by molar-refractivity contribution is -0.112. The van der Waals surface area contributed by atoms with Gasteiger partial charge < -0.3 is 11.2 Å². The van der Waals surface area contributed by atoms with Gasteiger partial charge in [-0.05, 0) is 12.8 Å². The molecule has 1 aliphatic heterocycles. The summed E-state index contributed by atoms with van der Waals surface area (Å²) in [6.07, 6.45) is 6.72. The van der Waals surface area contributed by atoms with Gasteiger partial charge >= 0.3 is 0 Å². The van der Waals surface area contributed by atoms with Crippen LogP contribution >= 0.6 is 0 Å². The fourth-order valence-corrected chi connectivity index (χ4v) is 2.24. The van der Waals surface area contributed by atoms with Crippen LogP contribution in [0.2, 0.25) is 0 Å². The zero-order valence-corrected chi connectivity index (χ0v) is 7.68. The fraction of sp³-hybridized carbons (Fsp3) is 0.778. The van der Waals surface area contributed by atoms with Crippen LogP contribution in [0.3, 0.4) is 0 Å². The number of hydrazone groups is 1. The molecule has 2 aliphatic rings. The van der Waals surface area contributed by atoms with Crippen LogP contribution < -0.4 is 11.2 Å². The smallest absolute Gasteiger partial charge is 0.264 e. The quantitative estimate of drug-likeness (QED) is 0.619. The Morgan fingerprint density at radius 3 is 2.62 bits per heavy atom. The van der Waals surface area contributed by atoms with Crippen molar-refractivity contribution < 1.29 is 4.79 Å². The zero-order valence-electron chi connectivity index (χ0n) is 7.68. The van der Waals surface area contributed by atoms with Crippen molar-refractivity contribution in [2.45, 2.75) is 44.1 Å². The predicted octanol–water partition coefficient (Wildman–Crippen LogP) is 0.524. The van der Waals surface area contributed by atoms with E-state index in [-0.39, 0.29) is 11.4 Å². The topological polar surface area (TPSA) is 67.5 Å². The van der Waals surface area contributed by atoms with Crippen LogP contribution in [0.15, 0.2) is 5.10 Å². The fourth-order valence-electron chi connectivity index (χ4n) is 2.24. The number of nitrogens with two attached hydrogens (primary N) is 1. The van der Waals surface area contributed by atoms with Gasteiger partial charge in [0.15, 0.2) is 0 Å². The standard InChI is InChI=1S/C9H15N3O/c10-8(13)7-6-9(12-11-7)4-2-1-3-5-9/h12H,1-6H2,(H2,10,13). The zero-order chi connectivity index (χ0) is 9.31. The van der Waals surface area contributed by atoms with Crippen LogP contribution in [0.25, 0.3) is 0 Å². The molecule has 0 bridgehead atoms. The Hall–Kier alpha value is -1.06. The molecule has 1 spiro atoms. The molecule has 4 heteroatoms. The lowest BCUT2D eigenvalue weighted by Crippen LogP contribution is -2.41. The second-order valence-corrected chi connectivity index (χ2v) is 4.05. The molecule has 0 radical (unpaired) electrons. The van der Waals surface area contributed by atoms with Crippen LogP contribution in [0, 0.1) is 0 Å². The molecule has 0 saturated heterocycles. The molecular formula is C9H15N3O. The van der Waals surface area contributed by atoms with E-state index in [1.54, 1.807) is 0 Å². The van der Waals surface area contributed by atoms with Gasteiger partial charge in [-0.2, -0.15) is 5.10 Å². The Morgan fingerprint density at radius 2 is 2.08 bits per heavy atom. The second kappa shape index (κ2) is 3.01. The Labute approximate surface area is 77.6 Å². The first-order valence-electron chi connectivity index (χ1n) is 4.85. The van der Waals surface area contributed by atoms with E-state index in [2.05, 4.69) is 10.5 Å². The summed E-state index contributed by atoms with van der Waals surface area (Å²) < 4.78 is 0. The summed E-state index contributed by atoms with van der Waals surface area (Å²) in [5, 5.41) is 4.00.